The summed E-state index contributed by atoms with van der Waals surface area (Å²) in [4.78, 5) is 21.9. The average Bonchev–Trinajstić information content (AvgIpc) is 3.25. The summed E-state index contributed by atoms with van der Waals surface area (Å²) in [5.74, 6) is -1.54. The Morgan fingerprint density at radius 2 is 1.47 bits per heavy atom. The first kappa shape index (κ1) is 20.6. The van der Waals surface area contributed by atoms with Crippen LogP contribution in [0.5, 0.6) is 0 Å². The molecule has 0 radical (unpaired) electrons. The van der Waals surface area contributed by atoms with Gasteiger partial charge < -0.3 is 9.80 Å². The molecule has 0 atom stereocenters. The third-order valence-corrected chi connectivity index (χ3v) is 6.84. The first-order chi connectivity index (χ1) is 15.6. The maximum Gasteiger partial charge on any atom is 0.234 e. The maximum atomic E-state index is 14.0. The van der Waals surface area contributed by atoms with E-state index in [0.717, 1.165) is 17.2 Å². The molecule has 0 bridgehead atoms. The highest BCUT2D eigenvalue weighted by Gasteiger charge is 2.30. The van der Waals surface area contributed by atoms with Crippen LogP contribution in [0.15, 0.2) is 72.8 Å². The first-order valence-corrected chi connectivity index (χ1v) is 11.3. The van der Waals surface area contributed by atoms with Gasteiger partial charge in [0.1, 0.15) is 11.3 Å². The van der Waals surface area contributed by atoms with Gasteiger partial charge in [-0.05, 0) is 17.2 Å². The maximum absolute atomic E-state index is 14.0. The van der Waals surface area contributed by atoms with E-state index in [1.54, 1.807) is 0 Å². The largest absolute Gasteiger partial charge is 0.345 e. The highest BCUT2D eigenvalue weighted by Crippen LogP contribution is 2.32. The molecule has 1 saturated heterocycles. The van der Waals surface area contributed by atoms with Gasteiger partial charge >= 0.3 is 0 Å². The topological polar surface area (TPSA) is 36.4 Å². The molecule has 1 aromatic heterocycles. The Bertz CT molecular complexity index is 1200. The van der Waals surface area contributed by atoms with Gasteiger partial charge in [0.25, 0.3) is 0 Å². The average molecular weight is 450 g/mol. The number of amides is 1. The molecule has 32 heavy (non-hydrogen) atoms. The predicted molar refractivity (Wildman–Crippen MR) is 123 cm³/mol. The van der Waals surface area contributed by atoms with E-state index in [1.807, 2.05) is 70.5 Å². The van der Waals surface area contributed by atoms with Gasteiger partial charge in [0.15, 0.2) is 10.9 Å². The molecular weight excluding hydrogens is 428 g/mol. The third kappa shape index (κ3) is 3.96. The summed E-state index contributed by atoms with van der Waals surface area (Å²) in [6, 6.07) is 21.8. The van der Waals surface area contributed by atoms with Gasteiger partial charge in [-0.2, -0.15) is 0 Å². The summed E-state index contributed by atoms with van der Waals surface area (Å²) >= 11 is 1.27. The second-order valence-electron chi connectivity index (χ2n) is 7.80. The van der Waals surface area contributed by atoms with Crippen LogP contribution in [-0.2, 0) is 4.79 Å². The molecule has 0 aliphatic carbocycles. The standard InChI is InChI=1S/C25H21F2N3OS/c26-19-15-20(27)23-21(16-19)32-25(28-23)30-13-11-29(12-14-30)24(31)22(17-7-3-1-4-8-17)18-9-5-2-6-10-18/h1-10,15-16,22H,11-14H2. The minimum Gasteiger partial charge on any atom is -0.345 e. The van der Waals surface area contributed by atoms with Crippen molar-refractivity contribution < 1.29 is 13.6 Å². The van der Waals surface area contributed by atoms with Crippen molar-refractivity contribution in [1.82, 2.24) is 9.88 Å². The Kier molecular flexibility index (Phi) is 5.57. The zero-order valence-corrected chi connectivity index (χ0v) is 18.1. The number of piperazine rings is 1. The van der Waals surface area contributed by atoms with Crippen LogP contribution in [0.3, 0.4) is 0 Å². The third-order valence-electron chi connectivity index (χ3n) is 5.78. The van der Waals surface area contributed by atoms with Crippen LogP contribution in [0, 0.1) is 11.6 Å². The van der Waals surface area contributed by atoms with Gasteiger partial charge in [-0.3, -0.25) is 4.79 Å². The Balaban J connectivity index is 1.35. The number of hydrogen-bond donors (Lipinski definition) is 0. The van der Waals surface area contributed by atoms with Crippen molar-refractivity contribution in [2.24, 2.45) is 0 Å². The quantitative estimate of drug-likeness (QED) is 0.437. The molecule has 4 nitrogen and oxygen atoms in total. The molecule has 0 spiro atoms. The zero-order chi connectivity index (χ0) is 22.1. The molecule has 1 fully saturated rings. The molecule has 162 valence electrons. The van der Waals surface area contributed by atoms with Crippen molar-refractivity contribution in [3.8, 4) is 0 Å². The Morgan fingerprint density at radius 1 is 0.875 bits per heavy atom. The number of anilines is 1. The number of carbonyl (C=O) groups excluding carboxylic acids is 1. The fraction of sp³-hybridized carbons (Fsp3) is 0.200. The van der Waals surface area contributed by atoms with E-state index >= 15 is 0 Å². The number of hydrogen-bond acceptors (Lipinski definition) is 4. The van der Waals surface area contributed by atoms with Gasteiger partial charge in [0.05, 0.1) is 10.6 Å². The van der Waals surface area contributed by atoms with Crippen molar-refractivity contribution >= 4 is 32.6 Å². The fourth-order valence-electron chi connectivity index (χ4n) is 4.15. The molecule has 1 aliphatic heterocycles. The van der Waals surface area contributed by atoms with Crippen molar-refractivity contribution in [1.29, 1.82) is 0 Å². The van der Waals surface area contributed by atoms with Crippen molar-refractivity contribution in [2.45, 2.75) is 5.92 Å². The minimum atomic E-state index is -0.648. The lowest BCUT2D eigenvalue weighted by molar-refractivity contribution is -0.132. The number of halogens is 2. The lowest BCUT2D eigenvalue weighted by Crippen LogP contribution is -2.50. The lowest BCUT2D eigenvalue weighted by atomic mass is 9.90. The summed E-state index contributed by atoms with van der Waals surface area (Å²) in [6.07, 6.45) is 0. The summed E-state index contributed by atoms with van der Waals surface area (Å²) < 4.78 is 28.1. The van der Waals surface area contributed by atoms with Crippen molar-refractivity contribution in [3.05, 3.63) is 95.6 Å². The Hall–Kier alpha value is -3.32. The van der Waals surface area contributed by atoms with E-state index < -0.39 is 11.6 Å². The first-order valence-electron chi connectivity index (χ1n) is 10.5. The molecule has 0 saturated carbocycles. The van der Waals surface area contributed by atoms with E-state index in [2.05, 4.69) is 4.98 Å². The Morgan fingerprint density at radius 3 is 2.06 bits per heavy atom. The molecule has 5 rings (SSSR count). The molecule has 0 unspecified atom stereocenters. The molecule has 7 heteroatoms. The number of thiazole rings is 1. The van der Waals surface area contributed by atoms with E-state index in [-0.39, 0.29) is 17.3 Å². The highest BCUT2D eigenvalue weighted by molar-refractivity contribution is 7.22. The summed E-state index contributed by atoms with van der Waals surface area (Å²) in [5.41, 5.74) is 2.13. The van der Waals surface area contributed by atoms with Gasteiger partial charge in [-0.15, -0.1) is 0 Å². The van der Waals surface area contributed by atoms with E-state index in [0.29, 0.717) is 36.0 Å². The van der Waals surface area contributed by atoms with Gasteiger partial charge in [-0.25, -0.2) is 13.8 Å². The molecule has 2 heterocycles. The van der Waals surface area contributed by atoms with E-state index in [4.69, 9.17) is 0 Å². The predicted octanol–water partition coefficient (Wildman–Crippen LogP) is 5.06. The monoisotopic (exact) mass is 449 g/mol. The number of benzene rings is 3. The highest BCUT2D eigenvalue weighted by atomic mass is 32.1. The summed E-state index contributed by atoms with van der Waals surface area (Å²) in [5, 5.41) is 0.652. The van der Waals surface area contributed by atoms with Crippen molar-refractivity contribution in [3.63, 3.8) is 0 Å². The summed E-state index contributed by atoms with van der Waals surface area (Å²) in [7, 11) is 0. The number of rotatable bonds is 4. The van der Waals surface area contributed by atoms with Gasteiger partial charge in [-0.1, -0.05) is 72.0 Å². The zero-order valence-electron chi connectivity index (χ0n) is 17.2. The SMILES string of the molecule is O=C(C(c1ccccc1)c1ccccc1)N1CCN(c2nc3c(F)cc(F)cc3s2)CC1. The molecule has 1 amide bonds. The molecule has 1 aliphatic rings. The number of aromatic nitrogens is 1. The summed E-state index contributed by atoms with van der Waals surface area (Å²) in [6.45, 7) is 2.27. The van der Waals surface area contributed by atoms with Gasteiger partial charge in [0, 0.05) is 32.2 Å². The number of carbonyl (C=O) groups is 1. The van der Waals surface area contributed by atoms with Crippen LogP contribution in [0.2, 0.25) is 0 Å². The molecule has 3 aromatic carbocycles. The molecular formula is C25H21F2N3OS. The normalized spacial score (nSPS) is 14.3. The van der Waals surface area contributed by atoms with Crippen LogP contribution in [-0.4, -0.2) is 42.0 Å². The lowest BCUT2D eigenvalue weighted by Gasteiger charge is -2.36. The minimum absolute atomic E-state index is 0.0689. The van der Waals surface area contributed by atoms with E-state index in [1.165, 1.54) is 17.4 Å². The van der Waals surface area contributed by atoms with Crippen LogP contribution < -0.4 is 4.90 Å². The second-order valence-corrected chi connectivity index (χ2v) is 8.81. The van der Waals surface area contributed by atoms with Crippen LogP contribution in [0.4, 0.5) is 13.9 Å². The molecule has 0 N–H and O–H groups in total. The number of nitrogens with zero attached hydrogens (tertiary/aromatic N) is 3. The van der Waals surface area contributed by atoms with Crippen LogP contribution >= 0.6 is 11.3 Å². The van der Waals surface area contributed by atoms with Crippen LogP contribution in [0.25, 0.3) is 10.2 Å². The number of fused-ring (bicyclic) bond motifs is 1. The fourth-order valence-corrected chi connectivity index (χ4v) is 5.21. The van der Waals surface area contributed by atoms with Gasteiger partial charge in [0.2, 0.25) is 5.91 Å². The van der Waals surface area contributed by atoms with Crippen LogP contribution in [0.1, 0.15) is 17.0 Å². The second kappa shape index (κ2) is 8.67. The Labute approximate surface area is 188 Å². The van der Waals surface area contributed by atoms with Crippen molar-refractivity contribution in [2.75, 3.05) is 31.1 Å². The van der Waals surface area contributed by atoms with E-state index in [9.17, 15) is 13.6 Å². The molecule has 4 aromatic rings. The smallest absolute Gasteiger partial charge is 0.234 e.